The summed E-state index contributed by atoms with van der Waals surface area (Å²) in [4.78, 5) is 12.9. The Morgan fingerprint density at radius 1 is 1.58 bits per heavy atom. The van der Waals surface area contributed by atoms with Crippen LogP contribution in [-0.4, -0.2) is 37.6 Å². The van der Waals surface area contributed by atoms with E-state index in [9.17, 15) is 4.79 Å². The SMILES string of the molecule is COC/C=C\C(=O)N(C)C(C)C. The Labute approximate surface area is 74.0 Å². The lowest BCUT2D eigenvalue weighted by molar-refractivity contribution is -0.126. The number of carbonyl (C=O) groups excluding carboxylic acids is 1. The van der Waals surface area contributed by atoms with Crippen LogP contribution in [0.25, 0.3) is 0 Å². The molecule has 0 bridgehead atoms. The third-order valence-electron chi connectivity index (χ3n) is 1.65. The van der Waals surface area contributed by atoms with Crippen molar-refractivity contribution in [2.45, 2.75) is 19.9 Å². The highest BCUT2D eigenvalue weighted by Gasteiger charge is 2.06. The zero-order valence-corrected chi connectivity index (χ0v) is 8.20. The van der Waals surface area contributed by atoms with E-state index in [1.54, 1.807) is 25.1 Å². The molecule has 0 aromatic carbocycles. The van der Waals surface area contributed by atoms with Crippen LogP contribution in [-0.2, 0) is 9.53 Å². The van der Waals surface area contributed by atoms with Crippen molar-refractivity contribution in [2.24, 2.45) is 0 Å². The molecular formula is C9H17NO2. The molecule has 0 aliphatic heterocycles. The van der Waals surface area contributed by atoms with E-state index in [0.717, 1.165) is 0 Å². The lowest BCUT2D eigenvalue weighted by atomic mass is 10.3. The summed E-state index contributed by atoms with van der Waals surface area (Å²) in [6.07, 6.45) is 3.24. The number of rotatable bonds is 4. The number of nitrogens with zero attached hydrogens (tertiary/aromatic N) is 1. The van der Waals surface area contributed by atoms with Crippen molar-refractivity contribution in [3.05, 3.63) is 12.2 Å². The van der Waals surface area contributed by atoms with E-state index >= 15 is 0 Å². The molecule has 0 aromatic heterocycles. The van der Waals surface area contributed by atoms with Gasteiger partial charge in [0.2, 0.25) is 5.91 Å². The van der Waals surface area contributed by atoms with Gasteiger partial charge >= 0.3 is 0 Å². The van der Waals surface area contributed by atoms with Crippen LogP contribution in [0.2, 0.25) is 0 Å². The van der Waals surface area contributed by atoms with Gasteiger partial charge in [0.15, 0.2) is 0 Å². The zero-order chi connectivity index (χ0) is 9.56. The molecule has 12 heavy (non-hydrogen) atoms. The first kappa shape index (κ1) is 11.2. The van der Waals surface area contributed by atoms with E-state index in [1.807, 2.05) is 13.8 Å². The Kier molecular flexibility index (Phi) is 5.37. The summed E-state index contributed by atoms with van der Waals surface area (Å²) in [6, 6.07) is 0.240. The molecular weight excluding hydrogens is 154 g/mol. The van der Waals surface area contributed by atoms with E-state index < -0.39 is 0 Å². The molecule has 0 fully saturated rings. The fraction of sp³-hybridized carbons (Fsp3) is 0.667. The Hall–Kier alpha value is -0.830. The third kappa shape index (κ3) is 4.13. The maximum atomic E-state index is 11.2. The number of carbonyl (C=O) groups is 1. The highest BCUT2D eigenvalue weighted by molar-refractivity contribution is 5.87. The van der Waals surface area contributed by atoms with Gasteiger partial charge < -0.3 is 9.64 Å². The smallest absolute Gasteiger partial charge is 0.246 e. The van der Waals surface area contributed by atoms with Gasteiger partial charge in [0.05, 0.1) is 6.61 Å². The molecule has 0 aliphatic carbocycles. The monoisotopic (exact) mass is 171 g/mol. The Balaban J connectivity index is 3.86. The maximum absolute atomic E-state index is 11.2. The molecule has 0 N–H and O–H groups in total. The first-order valence-electron chi connectivity index (χ1n) is 4.02. The minimum absolute atomic E-state index is 0.0158. The molecule has 0 aliphatic rings. The Bertz CT molecular complexity index is 164. The summed E-state index contributed by atoms with van der Waals surface area (Å²) in [7, 11) is 3.38. The van der Waals surface area contributed by atoms with E-state index in [0.29, 0.717) is 6.61 Å². The Morgan fingerprint density at radius 3 is 2.58 bits per heavy atom. The standard InChI is InChI=1S/C9H17NO2/c1-8(2)10(3)9(11)6-5-7-12-4/h5-6,8H,7H2,1-4H3/b6-5-. The molecule has 0 radical (unpaired) electrons. The van der Waals surface area contributed by atoms with Crippen molar-refractivity contribution < 1.29 is 9.53 Å². The Morgan fingerprint density at radius 2 is 2.17 bits per heavy atom. The van der Waals surface area contributed by atoms with Gasteiger partial charge in [0.25, 0.3) is 0 Å². The van der Waals surface area contributed by atoms with Gasteiger partial charge in [-0.15, -0.1) is 0 Å². The fourth-order valence-electron chi connectivity index (χ4n) is 0.617. The van der Waals surface area contributed by atoms with Crippen LogP contribution in [0.15, 0.2) is 12.2 Å². The van der Waals surface area contributed by atoms with E-state index in [4.69, 9.17) is 4.74 Å². The number of likely N-dealkylation sites (N-methyl/N-ethyl adjacent to an activating group) is 1. The molecule has 0 atom stereocenters. The predicted molar refractivity (Wildman–Crippen MR) is 48.9 cm³/mol. The molecule has 0 heterocycles. The van der Waals surface area contributed by atoms with Crippen LogP contribution in [0.5, 0.6) is 0 Å². The van der Waals surface area contributed by atoms with Crippen LogP contribution in [0.4, 0.5) is 0 Å². The van der Waals surface area contributed by atoms with Crippen molar-refractivity contribution in [3.63, 3.8) is 0 Å². The second-order valence-corrected chi connectivity index (χ2v) is 2.90. The second-order valence-electron chi connectivity index (χ2n) is 2.90. The van der Waals surface area contributed by atoms with E-state index in [1.165, 1.54) is 6.08 Å². The molecule has 0 spiro atoms. The molecule has 0 rings (SSSR count). The topological polar surface area (TPSA) is 29.5 Å². The molecule has 1 amide bonds. The summed E-state index contributed by atoms with van der Waals surface area (Å²) in [6.45, 7) is 4.43. The van der Waals surface area contributed by atoms with Gasteiger partial charge in [-0.05, 0) is 13.8 Å². The average molecular weight is 171 g/mol. The molecule has 0 saturated heterocycles. The van der Waals surface area contributed by atoms with Gasteiger partial charge in [0, 0.05) is 26.3 Å². The van der Waals surface area contributed by atoms with Crippen molar-refractivity contribution in [1.82, 2.24) is 4.90 Å². The number of ether oxygens (including phenoxy) is 1. The minimum Gasteiger partial charge on any atom is -0.381 e. The number of methoxy groups -OCH3 is 1. The number of amides is 1. The summed E-state index contributed by atoms with van der Waals surface area (Å²) < 4.78 is 4.77. The highest BCUT2D eigenvalue weighted by Crippen LogP contribution is 1.94. The first-order valence-corrected chi connectivity index (χ1v) is 4.02. The zero-order valence-electron chi connectivity index (χ0n) is 8.20. The summed E-state index contributed by atoms with van der Waals surface area (Å²) in [5.41, 5.74) is 0. The highest BCUT2D eigenvalue weighted by atomic mass is 16.5. The largest absolute Gasteiger partial charge is 0.381 e. The predicted octanol–water partition coefficient (Wildman–Crippen LogP) is 1.06. The van der Waals surface area contributed by atoms with Crippen molar-refractivity contribution >= 4 is 5.91 Å². The lowest BCUT2D eigenvalue weighted by Gasteiger charge is -2.19. The number of hydrogen-bond acceptors (Lipinski definition) is 2. The van der Waals surface area contributed by atoms with E-state index in [-0.39, 0.29) is 11.9 Å². The van der Waals surface area contributed by atoms with Crippen molar-refractivity contribution in [2.75, 3.05) is 20.8 Å². The van der Waals surface area contributed by atoms with Gasteiger partial charge in [-0.2, -0.15) is 0 Å². The van der Waals surface area contributed by atoms with Gasteiger partial charge in [-0.1, -0.05) is 6.08 Å². The molecule has 0 aromatic rings. The normalized spacial score (nSPS) is 11.1. The summed E-state index contributed by atoms with van der Waals surface area (Å²) in [5, 5.41) is 0. The summed E-state index contributed by atoms with van der Waals surface area (Å²) in [5.74, 6) is 0.0158. The van der Waals surface area contributed by atoms with Crippen LogP contribution in [0.3, 0.4) is 0 Å². The third-order valence-corrected chi connectivity index (χ3v) is 1.65. The molecule has 3 heteroatoms. The fourth-order valence-corrected chi connectivity index (χ4v) is 0.617. The first-order chi connectivity index (χ1) is 5.59. The summed E-state index contributed by atoms with van der Waals surface area (Å²) >= 11 is 0. The maximum Gasteiger partial charge on any atom is 0.246 e. The van der Waals surface area contributed by atoms with Gasteiger partial charge in [0.1, 0.15) is 0 Å². The molecule has 3 nitrogen and oxygen atoms in total. The van der Waals surface area contributed by atoms with Gasteiger partial charge in [-0.25, -0.2) is 0 Å². The molecule has 70 valence electrons. The van der Waals surface area contributed by atoms with Crippen molar-refractivity contribution in [1.29, 1.82) is 0 Å². The van der Waals surface area contributed by atoms with E-state index in [2.05, 4.69) is 0 Å². The molecule has 0 saturated carbocycles. The van der Waals surface area contributed by atoms with Crippen LogP contribution >= 0.6 is 0 Å². The number of hydrogen-bond donors (Lipinski definition) is 0. The van der Waals surface area contributed by atoms with Gasteiger partial charge in [-0.3, -0.25) is 4.79 Å². The van der Waals surface area contributed by atoms with Crippen LogP contribution in [0, 0.1) is 0 Å². The molecule has 0 unspecified atom stereocenters. The average Bonchev–Trinajstić information content (AvgIpc) is 2.03. The quantitative estimate of drug-likeness (QED) is 0.592. The van der Waals surface area contributed by atoms with Crippen molar-refractivity contribution in [3.8, 4) is 0 Å². The minimum atomic E-state index is 0.0158. The van der Waals surface area contributed by atoms with Crippen LogP contribution in [0.1, 0.15) is 13.8 Å². The lowest BCUT2D eigenvalue weighted by Crippen LogP contribution is -2.31. The van der Waals surface area contributed by atoms with Crippen LogP contribution < -0.4 is 0 Å². The second kappa shape index (κ2) is 5.77.